The second-order valence-electron chi connectivity index (χ2n) is 4.77. The van der Waals surface area contributed by atoms with E-state index in [1.165, 1.54) is 7.11 Å². The minimum Gasteiger partial charge on any atom is -0.479 e. The quantitative estimate of drug-likeness (QED) is 0.717. The van der Waals surface area contributed by atoms with Gasteiger partial charge in [-0.05, 0) is 6.07 Å². The standard InChI is InChI=1S/C14H15N3O2/c1-8(2)13-15-11-9-6-4-5-7-10(9)17(18)14(19-3)12(11)16-13/h4-8,18H,1-3H3. The molecule has 2 heterocycles. The molecule has 0 radical (unpaired) electrons. The van der Waals surface area contributed by atoms with Crippen LogP contribution in [0.4, 0.5) is 0 Å². The highest BCUT2D eigenvalue weighted by molar-refractivity contribution is 5.95. The zero-order valence-corrected chi connectivity index (χ0v) is 11.1. The van der Waals surface area contributed by atoms with Crippen LogP contribution in [0.2, 0.25) is 0 Å². The number of aromatic nitrogens is 3. The number of ether oxygens (including phenoxy) is 1. The SMILES string of the molecule is COc1c2nc(C(C)C)nc-2c2ccccc2n1O. The number of fused-ring (bicyclic) bond motifs is 3. The Kier molecular flexibility index (Phi) is 2.55. The van der Waals surface area contributed by atoms with Crippen LogP contribution in [0.1, 0.15) is 25.6 Å². The molecule has 2 aliphatic rings. The summed E-state index contributed by atoms with van der Waals surface area (Å²) in [7, 11) is 1.51. The first-order valence-electron chi connectivity index (χ1n) is 6.17. The molecule has 0 aromatic heterocycles. The highest BCUT2D eigenvalue weighted by Gasteiger charge is 2.24. The van der Waals surface area contributed by atoms with Crippen LogP contribution in [0.15, 0.2) is 24.3 Å². The van der Waals surface area contributed by atoms with E-state index in [4.69, 9.17) is 4.74 Å². The van der Waals surface area contributed by atoms with Crippen LogP contribution in [0, 0.1) is 0 Å². The van der Waals surface area contributed by atoms with Gasteiger partial charge in [0.2, 0.25) is 0 Å². The first-order valence-corrected chi connectivity index (χ1v) is 6.17. The van der Waals surface area contributed by atoms with Gasteiger partial charge in [-0.1, -0.05) is 32.0 Å². The second kappa shape index (κ2) is 4.12. The molecule has 1 N–H and O–H groups in total. The molecule has 1 aromatic rings. The minimum atomic E-state index is 0.225. The van der Waals surface area contributed by atoms with E-state index in [0.717, 1.165) is 21.6 Å². The number of para-hydroxylation sites is 1. The molecule has 98 valence electrons. The van der Waals surface area contributed by atoms with Gasteiger partial charge < -0.3 is 9.94 Å². The van der Waals surface area contributed by atoms with Gasteiger partial charge in [-0.2, -0.15) is 0 Å². The zero-order valence-electron chi connectivity index (χ0n) is 11.1. The van der Waals surface area contributed by atoms with Crippen molar-refractivity contribution in [2.24, 2.45) is 0 Å². The molecule has 5 nitrogen and oxygen atoms in total. The van der Waals surface area contributed by atoms with Crippen molar-refractivity contribution in [3.05, 3.63) is 30.1 Å². The van der Waals surface area contributed by atoms with Gasteiger partial charge in [0.05, 0.1) is 12.6 Å². The summed E-state index contributed by atoms with van der Waals surface area (Å²) in [6.07, 6.45) is 0. The van der Waals surface area contributed by atoms with E-state index < -0.39 is 0 Å². The lowest BCUT2D eigenvalue weighted by molar-refractivity contribution is 0.162. The number of rotatable bonds is 2. The predicted octanol–water partition coefficient (Wildman–Crippen LogP) is 2.91. The fourth-order valence-electron chi connectivity index (χ4n) is 2.21. The molecule has 0 saturated heterocycles. The number of benzene rings is 1. The molecule has 5 heteroatoms. The Hall–Kier alpha value is -2.30. The fraction of sp³-hybridized carbons (Fsp3) is 0.286. The average Bonchev–Trinajstić information content (AvgIpc) is 2.85. The molecule has 0 unspecified atom stereocenters. The van der Waals surface area contributed by atoms with Crippen molar-refractivity contribution in [1.82, 2.24) is 14.7 Å². The van der Waals surface area contributed by atoms with E-state index >= 15 is 0 Å². The lowest BCUT2D eigenvalue weighted by Crippen LogP contribution is -2.04. The summed E-state index contributed by atoms with van der Waals surface area (Å²) in [4.78, 5) is 9.05. The van der Waals surface area contributed by atoms with Crippen molar-refractivity contribution in [2.75, 3.05) is 7.11 Å². The maximum atomic E-state index is 10.2. The van der Waals surface area contributed by atoms with E-state index in [2.05, 4.69) is 9.97 Å². The number of hydrogen-bond acceptors (Lipinski definition) is 4. The molecule has 0 saturated carbocycles. The van der Waals surface area contributed by atoms with Crippen molar-refractivity contribution in [2.45, 2.75) is 19.8 Å². The molecule has 0 bridgehead atoms. The highest BCUT2D eigenvalue weighted by Crippen LogP contribution is 2.37. The molecule has 2 aliphatic heterocycles. The molecular weight excluding hydrogens is 242 g/mol. The van der Waals surface area contributed by atoms with E-state index in [1.54, 1.807) is 0 Å². The number of imidazole rings is 1. The van der Waals surface area contributed by atoms with Crippen LogP contribution in [0.25, 0.3) is 22.3 Å². The molecule has 1 aromatic carbocycles. The molecule has 0 aliphatic carbocycles. The van der Waals surface area contributed by atoms with Crippen LogP contribution < -0.4 is 4.74 Å². The van der Waals surface area contributed by atoms with Gasteiger partial charge >= 0.3 is 0 Å². The summed E-state index contributed by atoms with van der Waals surface area (Å²) in [6, 6.07) is 7.52. The molecule has 0 fully saturated rings. The van der Waals surface area contributed by atoms with Crippen LogP contribution in [-0.4, -0.2) is 27.0 Å². The monoisotopic (exact) mass is 257 g/mol. The van der Waals surface area contributed by atoms with Crippen molar-refractivity contribution in [3.63, 3.8) is 0 Å². The first-order chi connectivity index (χ1) is 9.13. The Morgan fingerprint density at radius 1 is 1.16 bits per heavy atom. The predicted molar refractivity (Wildman–Crippen MR) is 72.0 cm³/mol. The highest BCUT2D eigenvalue weighted by atomic mass is 16.5. The van der Waals surface area contributed by atoms with Gasteiger partial charge in [-0.25, -0.2) is 9.97 Å². The summed E-state index contributed by atoms with van der Waals surface area (Å²) >= 11 is 0. The van der Waals surface area contributed by atoms with Gasteiger partial charge in [-0.3, -0.25) is 0 Å². The zero-order chi connectivity index (χ0) is 13.6. The minimum absolute atomic E-state index is 0.225. The fourth-order valence-corrected chi connectivity index (χ4v) is 2.21. The largest absolute Gasteiger partial charge is 0.479 e. The third-order valence-corrected chi connectivity index (χ3v) is 3.17. The van der Waals surface area contributed by atoms with Crippen LogP contribution in [0.3, 0.4) is 0 Å². The third kappa shape index (κ3) is 1.62. The summed E-state index contributed by atoms with van der Waals surface area (Å²) in [5.74, 6) is 1.29. The Balaban J connectivity index is 2.48. The van der Waals surface area contributed by atoms with E-state index in [0.29, 0.717) is 17.1 Å². The second-order valence-corrected chi connectivity index (χ2v) is 4.77. The summed E-state index contributed by atoms with van der Waals surface area (Å²) in [5, 5.41) is 11.1. The summed E-state index contributed by atoms with van der Waals surface area (Å²) in [5.41, 5.74) is 2.01. The average molecular weight is 257 g/mol. The van der Waals surface area contributed by atoms with Crippen LogP contribution in [0.5, 0.6) is 5.88 Å². The Morgan fingerprint density at radius 2 is 1.84 bits per heavy atom. The maximum absolute atomic E-state index is 10.2. The smallest absolute Gasteiger partial charge is 0.256 e. The number of hydrogen-bond donors (Lipinski definition) is 1. The number of methoxy groups -OCH3 is 1. The van der Waals surface area contributed by atoms with Gasteiger partial charge in [0.15, 0.2) is 5.69 Å². The van der Waals surface area contributed by atoms with Gasteiger partial charge in [0, 0.05) is 11.3 Å². The summed E-state index contributed by atoms with van der Waals surface area (Å²) < 4.78 is 6.29. The van der Waals surface area contributed by atoms with Crippen molar-refractivity contribution in [1.29, 1.82) is 0 Å². The first kappa shape index (κ1) is 11.8. The third-order valence-electron chi connectivity index (χ3n) is 3.17. The lowest BCUT2D eigenvalue weighted by atomic mass is 10.1. The Bertz CT molecular complexity index is 718. The van der Waals surface area contributed by atoms with Gasteiger partial charge in [0.25, 0.3) is 5.88 Å². The van der Waals surface area contributed by atoms with E-state index in [9.17, 15) is 5.21 Å². The topological polar surface area (TPSA) is 60.2 Å². The number of pyridine rings is 1. The lowest BCUT2D eigenvalue weighted by Gasteiger charge is -2.13. The van der Waals surface area contributed by atoms with Crippen LogP contribution in [-0.2, 0) is 0 Å². The molecule has 0 amide bonds. The van der Waals surface area contributed by atoms with E-state index in [-0.39, 0.29) is 5.92 Å². The van der Waals surface area contributed by atoms with Crippen molar-refractivity contribution >= 4 is 10.9 Å². The van der Waals surface area contributed by atoms with Gasteiger partial charge in [0.1, 0.15) is 11.5 Å². The molecule has 0 atom stereocenters. The maximum Gasteiger partial charge on any atom is 0.256 e. The van der Waals surface area contributed by atoms with Gasteiger partial charge in [-0.15, -0.1) is 4.73 Å². The van der Waals surface area contributed by atoms with Crippen molar-refractivity contribution in [3.8, 4) is 17.3 Å². The molecular formula is C14H15N3O2. The normalized spacial score (nSPS) is 11.6. The van der Waals surface area contributed by atoms with Crippen molar-refractivity contribution < 1.29 is 9.94 Å². The molecule has 0 spiro atoms. The Morgan fingerprint density at radius 3 is 2.53 bits per heavy atom. The van der Waals surface area contributed by atoms with E-state index in [1.807, 2.05) is 38.1 Å². The Labute approximate surface area is 110 Å². The molecule has 19 heavy (non-hydrogen) atoms. The molecule has 3 rings (SSSR count). The summed E-state index contributed by atoms with van der Waals surface area (Å²) in [6.45, 7) is 4.08. The van der Waals surface area contributed by atoms with Crippen LogP contribution >= 0.6 is 0 Å². The number of nitrogens with zero attached hydrogens (tertiary/aromatic N) is 3.